The zero-order chi connectivity index (χ0) is 17.0. The normalized spacial score (nSPS) is 12.2. The summed E-state index contributed by atoms with van der Waals surface area (Å²) in [6, 6.07) is 5.25. The van der Waals surface area contributed by atoms with Crippen LogP contribution in [0.2, 0.25) is 5.02 Å². The highest BCUT2D eigenvalue weighted by Gasteiger charge is 2.17. The first kappa shape index (κ1) is 17.4. The number of aliphatic hydroxyl groups excluding tert-OH is 1. The second kappa shape index (κ2) is 7.57. The van der Waals surface area contributed by atoms with Crippen molar-refractivity contribution in [3.63, 3.8) is 0 Å². The number of rotatable bonds is 6. The van der Waals surface area contributed by atoms with Gasteiger partial charge < -0.3 is 10.4 Å². The molecule has 1 atom stereocenters. The Kier molecular flexibility index (Phi) is 5.74. The second-order valence-corrected chi connectivity index (χ2v) is 5.99. The molecule has 0 aliphatic rings. The van der Waals surface area contributed by atoms with E-state index in [1.165, 1.54) is 0 Å². The lowest BCUT2D eigenvalue weighted by molar-refractivity contribution is 0.0931. The van der Waals surface area contributed by atoms with Crippen LogP contribution < -0.4 is 5.32 Å². The molecule has 0 bridgehead atoms. The minimum absolute atomic E-state index is 0.0649. The number of carbonyl (C=O) groups is 1. The Bertz CT molecular complexity index is 699. The van der Waals surface area contributed by atoms with Crippen molar-refractivity contribution in [3.8, 4) is 5.82 Å². The maximum atomic E-state index is 12.4. The maximum Gasteiger partial charge on any atom is 0.271 e. The smallest absolute Gasteiger partial charge is 0.271 e. The third-order valence-corrected chi connectivity index (χ3v) is 3.75. The fourth-order valence-corrected chi connectivity index (χ4v) is 2.52. The molecular formula is C16H21ClN4O2. The van der Waals surface area contributed by atoms with Crippen molar-refractivity contribution in [2.24, 2.45) is 0 Å². The summed E-state index contributed by atoms with van der Waals surface area (Å²) < 4.78 is 1.68. The molecule has 2 aromatic heterocycles. The molecule has 124 valence electrons. The predicted molar refractivity (Wildman–Crippen MR) is 89.1 cm³/mol. The van der Waals surface area contributed by atoms with Crippen LogP contribution in [-0.2, 0) is 0 Å². The summed E-state index contributed by atoms with van der Waals surface area (Å²) >= 11 is 6.12. The van der Waals surface area contributed by atoms with Crippen molar-refractivity contribution in [2.45, 2.75) is 39.7 Å². The molecule has 0 radical (unpaired) electrons. The van der Waals surface area contributed by atoms with E-state index in [0.717, 1.165) is 11.4 Å². The number of nitrogens with zero attached hydrogens (tertiary/aromatic N) is 3. The van der Waals surface area contributed by atoms with E-state index in [2.05, 4.69) is 15.4 Å². The molecular weight excluding hydrogens is 316 g/mol. The van der Waals surface area contributed by atoms with Crippen molar-refractivity contribution in [3.05, 3.63) is 40.3 Å². The first-order valence-corrected chi connectivity index (χ1v) is 7.92. The summed E-state index contributed by atoms with van der Waals surface area (Å²) in [4.78, 5) is 16.7. The summed E-state index contributed by atoms with van der Waals surface area (Å²) in [5, 5.41) is 16.3. The van der Waals surface area contributed by atoms with Crippen LogP contribution >= 0.6 is 11.6 Å². The fourth-order valence-electron chi connectivity index (χ4n) is 2.33. The van der Waals surface area contributed by atoms with Gasteiger partial charge in [-0.05, 0) is 51.8 Å². The average molecular weight is 337 g/mol. The van der Waals surface area contributed by atoms with Crippen LogP contribution in [0.1, 0.15) is 41.6 Å². The quantitative estimate of drug-likeness (QED) is 0.849. The third kappa shape index (κ3) is 4.30. The number of aromatic nitrogens is 3. The summed E-state index contributed by atoms with van der Waals surface area (Å²) in [6.45, 7) is 5.81. The topological polar surface area (TPSA) is 80.0 Å². The Hall–Kier alpha value is -1.92. The average Bonchev–Trinajstić information content (AvgIpc) is 2.84. The van der Waals surface area contributed by atoms with E-state index in [9.17, 15) is 4.79 Å². The molecule has 0 aliphatic carbocycles. The van der Waals surface area contributed by atoms with E-state index >= 15 is 0 Å². The fraction of sp³-hybridized carbons (Fsp3) is 0.438. The number of halogens is 1. The number of aliphatic hydroxyl groups is 1. The molecule has 0 saturated heterocycles. The van der Waals surface area contributed by atoms with E-state index < -0.39 is 0 Å². The monoisotopic (exact) mass is 336 g/mol. The second-order valence-electron chi connectivity index (χ2n) is 5.58. The van der Waals surface area contributed by atoms with Crippen LogP contribution in [0.5, 0.6) is 0 Å². The Balaban J connectivity index is 2.23. The van der Waals surface area contributed by atoms with Crippen molar-refractivity contribution in [2.75, 3.05) is 6.61 Å². The lowest BCUT2D eigenvalue weighted by Gasteiger charge is -2.14. The number of nitrogens with one attached hydrogen (secondary N) is 1. The minimum atomic E-state index is -0.330. The number of hydrogen-bond donors (Lipinski definition) is 2. The molecule has 6 nitrogen and oxygen atoms in total. The minimum Gasteiger partial charge on any atom is -0.396 e. The van der Waals surface area contributed by atoms with Gasteiger partial charge in [0.05, 0.1) is 10.7 Å². The Morgan fingerprint density at radius 1 is 1.43 bits per heavy atom. The highest BCUT2D eigenvalue weighted by atomic mass is 35.5. The van der Waals surface area contributed by atoms with E-state index in [1.54, 1.807) is 16.8 Å². The molecule has 0 aromatic carbocycles. The molecule has 0 saturated carbocycles. The van der Waals surface area contributed by atoms with Crippen molar-refractivity contribution in [1.82, 2.24) is 20.1 Å². The Labute approximate surface area is 140 Å². The summed E-state index contributed by atoms with van der Waals surface area (Å²) in [6.07, 6.45) is 1.32. The van der Waals surface area contributed by atoms with Gasteiger partial charge in [0.15, 0.2) is 5.82 Å². The molecule has 2 heterocycles. The van der Waals surface area contributed by atoms with Crippen LogP contribution in [0, 0.1) is 13.8 Å². The molecule has 0 aliphatic heterocycles. The first-order valence-electron chi connectivity index (χ1n) is 7.54. The van der Waals surface area contributed by atoms with Gasteiger partial charge in [-0.1, -0.05) is 11.6 Å². The van der Waals surface area contributed by atoms with Crippen LogP contribution in [0.3, 0.4) is 0 Å². The van der Waals surface area contributed by atoms with Gasteiger partial charge in [-0.3, -0.25) is 4.79 Å². The van der Waals surface area contributed by atoms with Gasteiger partial charge in [0.2, 0.25) is 0 Å². The highest BCUT2D eigenvalue weighted by molar-refractivity contribution is 6.33. The maximum absolute atomic E-state index is 12.4. The Morgan fingerprint density at radius 2 is 2.17 bits per heavy atom. The van der Waals surface area contributed by atoms with E-state index in [1.807, 2.05) is 26.8 Å². The van der Waals surface area contributed by atoms with Gasteiger partial charge in [-0.25, -0.2) is 9.67 Å². The number of aryl methyl sites for hydroxylation is 2. The zero-order valence-corrected chi connectivity index (χ0v) is 14.3. The summed E-state index contributed by atoms with van der Waals surface area (Å²) in [5.41, 5.74) is 1.98. The first-order chi connectivity index (χ1) is 10.9. The van der Waals surface area contributed by atoms with Crippen LogP contribution in [0.4, 0.5) is 0 Å². The van der Waals surface area contributed by atoms with Crippen molar-refractivity contribution < 1.29 is 9.90 Å². The predicted octanol–water partition coefficient (Wildman–Crippen LogP) is 2.43. The molecule has 2 rings (SSSR count). The molecule has 0 spiro atoms. The molecule has 0 fully saturated rings. The standard InChI is InChI=1S/C16H21ClN4O2/c1-10(5-4-8-22)18-16(23)15-13(17)6-7-14(19-15)21-12(3)9-11(2)20-21/h6-7,9-10,22H,4-5,8H2,1-3H3,(H,18,23). The van der Waals surface area contributed by atoms with Crippen molar-refractivity contribution in [1.29, 1.82) is 0 Å². The van der Waals surface area contributed by atoms with Gasteiger partial charge in [0.1, 0.15) is 5.69 Å². The summed E-state index contributed by atoms with van der Waals surface area (Å²) in [5.74, 6) is 0.219. The zero-order valence-electron chi connectivity index (χ0n) is 13.5. The number of carbonyl (C=O) groups excluding carboxylic acids is 1. The van der Waals surface area contributed by atoms with Gasteiger partial charge in [-0.15, -0.1) is 0 Å². The summed E-state index contributed by atoms with van der Waals surface area (Å²) in [7, 11) is 0. The number of hydrogen-bond acceptors (Lipinski definition) is 4. The molecule has 2 N–H and O–H groups in total. The number of pyridine rings is 1. The molecule has 1 unspecified atom stereocenters. The SMILES string of the molecule is Cc1cc(C)n(-c2ccc(Cl)c(C(=O)NC(C)CCCO)n2)n1. The molecule has 1 amide bonds. The van der Waals surface area contributed by atoms with E-state index in [0.29, 0.717) is 23.7 Å². The largest absolute Gasteiger partial charge is 0.396 e. The van der Waals surface area contributed by atoms with Gasteiger partial charge in [0.25, 0.3) is 5.91 Å². The van der Waals surface area contributed by atoms with Crippen LogP contribution in [0.25, 0.3) is 5.82 Å². The van der Waals surface area contributed by atoms with E-state index in [-0.39, 0.29) is 24.2 Å². The van der Waals surface area contributed by atoms with E-state index in [4.69, 9.17) is 16.7 Å². The highest BCUT2D eigenvalue weighted by Crippen LogP contribution is 2.18. The lowest BCUT2D eigenvalue weighted by atomic mass is 10.2. The molecule has 7 heteroatoms. The van der Waals surface area contributed by atoms with Crippen LogP contribution in [-0.4, -0.2) is 38.4 Å². The van der Waals surface area contributed by atoms with Crippen molar-refractivity contribution >= 4 is 17.5 Å². The van der Waals surface area contributed by atoms with Gasteiger partial charge in [-0.2, -0.15) is 5.10 Å². The van der Waals surface area contributed by atoms with Gasteiger partial charge >= 0.3 is 0 Å². The number of amides is 1. The van der Waals surface area contributed by atoms with Crippen LogP contribution in [0.15, 0.2) is 18.2 Å². The third-order valence-electron chi connectivity index (χ3n) is 3.45. The van der Waals surface area contributed by atoms with Gasteiger partial charge in [0, 0.05) is 18.3 Å². The lowest BCUT2D eigenvalue weighted by Crippen LogP contribution is -2.33. The molecule has 2 aromatic rings. The Morgan fingerprint density at radius 3 is 2.78 bits per heavy atom. The molecule has 23 heavy (non-hydrogen) atoms.